The molecule has 0 bridgehead atoms. The zero-order valence-corrected chi connectivity index (χ0v) is 20.2. The van der Waals surface area contributed by atoms with Crippen molar-refractivity contribution in [3.8, 4) is 0 Å². The van der Waals surface area contributed by atoms with Gasteiger partial charge in [0.15, 0.2) is 0 Å². The molecule has 8 heteroatoms. The van der Waals surface area contributed by atoms with Crippen LogP contribution >= 0.6 is 0 Å². The van der Waals surface area contributed by atoms with E-state index in [4.69, 9.17) is 0 Å². The van der Waals surface area contributed by atoms with E-state index in [9.17, 15) is 8.42 Å². The molecule has 0 atom stereocenters. The highest BCUT2D eigenvalue weighted by Crippen LogP contribution is 2.33. The van der Waals surface area contributed by atoms with Crippen LogP contribution in [0, 0.1) is 6.92 Å². The van der Waals surface area contributed by atoms with Gasteiger partial charge in [0.2, 0.25) is 0 Å². The van der Waals surface area contributed by atoms with Crippen LogP contribution in [0.5, 0.6) is 0 Å². The predicted octanol–water partition coefficient (Wildman–Crippen LogP) is 2.29. The average molecular weight is 458 g/mol. The van der Waals surface area contributed by atoms with Gasteiger partial charge < -0.3 is 9.80 Å². The number of benzene rings is 2. The predicted molar refractivity (Wildman–Crippen MR) is 129 cm³/mol. The summed E-state index contributed by atoms with van der Waals surface area (Å²) < 4.78 is 29.2. The number of nitrogens with one attached hydrogen (secondary N) is 1. The molecule has 2 saturated heterocycles. The van der Waals surface area contributed by atoms with Crippen LogP contribution in [0.1, 0.15) is 17.3 Å². The van der Waals surface area contributed by atoms with Crippen molar-refractivity contribution < 1.29 is 8.42 Å². The Morgan fingerprint density at radius 2 is 1.25 bits per heavy atom. The van der Waals surface area contributed by atoms with Gasteiger partial charge in [-0.1, -0.05) is 35.9 Å². The molecule has 174 valence electrons. The molecule has 0 spiro atoms. The molecule has 0 amide bonds. The molecule has 2 fully saturated rings. The summed E-state index contributed by atoms with van der Waals surface area (Å²) in [6.07, 6.45) is 0.0503. The second kappa shape index (κ2) is 9.89. The fourth-order valence-electron chi connectivity index (χ4n) is 4.49. The second-order valence-electron chi connectivity index (χ2n) is 9.06. The standard InChI is InChI=1S/C24H35N5O2S/c1-20-8-10-21(11-9-20)32(30,31)25-23-7-5-4-6-22(23)24(28-16-12-26(2)13-17-28)29-18-14-27(3)15-19-29/h4-11,24-25H,12-19H2,1-3H3. The number of sulfonamides is 1. The Morgan fingerprint density at radius 3 is 1.78 bits per heavy atom. The first-order valence-corrected chi connectivity index (χ1v) is 12.9. The number of hydrogen-bond donors (Lipinski definition) is 1. The summed E-state index contributed by atoms with van der Waals surface area (Å²) in [6, 6.07) is 14.9. The summed E-state index contributed by atoms with van der Waals surface area (Å²) in [5, 5.41) is 0. The Hall–Kier alpha value is -1.97. The highest BCUT2D eigenvalue weighted by molar-refractivity contribution is 7.92. The summed E-state index contributed by atoms with van der Waals surface area (Å²) in [4.78, 5) is 10.00. The third-order valence-corrected chi connectivity index (χ3v) is 7.96. The van der Waals surface area contributed by atoms with Crippen molar-refractivity contribution in [2.75, 3.05) is 71.2 Å². The molecule has 2 aromatic carbocycles. The molecule has 4 rings (SSSR count). The third-order valence-electron chi connectivity index (χ3n) is 6.58. The van der Waals surface area contributed by atoms with Gasteiger partial charge in [-0.05, 0) is 39.2 Å². The number of nitrogens with zero attached hydrogens (tertiary/aromatic N) is 4. The van der Waals surface area contributed by atoms with E-state index in [1.807, 2.05) is 37.3 Å². The number of rotatable bonds is 6. The molecule has 2 aliphatic heterocycles. The summed E-state index contributed by atoms with van der Waals surface area (Å²) in [5.41, 5.74) is 2.72. The molecule has 0 aliphatic carbocycles. The molecule has 0 aromatic heterocycles. The van der Waals surface area contributed by atoms with Crippen molar-refractivity contribution in [1.82, 2.24) is 19.6 Å². The zero-order chi connectivity index (χ0) is 22.7. The lowest BCUT2D eigenvalue weighted by molar-refractivity contribution is -0.0102. The van der Waals surface area contributed by atoms with Gasteiger partial charge >= 0.3 is 0 Å². The highest BCUT2D eigenvalue weighted by Gasteiger charge is 2.32. The summed E-state index contributed by atoms with van der Waals surface area (Å²) >= 11 is 0. The number of hydrogen-bond acceptors (Lipinski definition) is 6. The van der Waals surface area contributed by atoms with Gasteiger partial charge in [0.1, 0.15) is 0 Å². The van der Waals surface area contributed by atoms with E-state index < -0.39 is 10.0 Å². The fraction of sp³-hybridized carbons (Fsp3) is 0.500. The maximum atomic E-state index is 13.2. The maximum Gasteiger partial charge on any atom is 0.261 e. The fourth-order valence-corrected chi connectivity index (χ4v) is 5.58. The van der Waals surface area contributed by atoms with Crippen LogP contribution in [0.15, 0.2) is 53.4 Å². The Morgan fingerprint density at radius 1 is 0.750 bits per heavy atom. The number of likely N-dealkylation sites (N-methyl/N-ethyl adjacent to an activating group) is 2. The van der Waals surface area contributed by atoms with Crippen molar-refractivity contribution in [3.05, 3.63) is 59.7 Å². The minimum absolute atomic E-state index is 0.0503. The van der Waals surface area contributed by atoms with Crippen molar-refractivity contribution in [2.45, 2.75) is 18.0 Å². The van der Waals surface area contributed by atoms with E-state index in [0.29, 0.717) is 5.69 Å². The van der Waals surface area contributed by atoms with Gasteiger partial charge in [0.05, 0.1) is 16.7 Å². The lowest BCUT2D eigenvalue weighted by Crippen LogP contribution is -2.54. The van der Waals surface area contributed by atoms with Gasteiger partial charge in [0.25, 0.3) is 10.0 Å². The average Bonchev–Trinajstić information content (AvgIpc) is 2.78. The summed E-state index contributed by atoms with van der Waals surface area (Å²) in [6.45, 7) is 9.88. The molecule has 2 aromatic rings. The molecule has 2 heterocycles. The van der Waals surface area contributed by atoms with E-state index in [-0.39, 0.29) is 11.1 Å². The first-order valence-electron chi connectivity index (χ1n) is 11.4. The Balaban J connectivity index is 1.66. The van der Waals surface area contributed by atoms with Crippen LogP contribution < -0.4 is 4.72 Å². The molecular weight excluding hydrogens is 422 g/mol. The third kappa shape index (κ3) is 5.32. The van der Waals surface area contributed by atoms with E-state index in [0.717, 1.165) is 63.5 Å². The smallest absolute Gasteiger partial charge is 0.261 e. The van der Waals surface area contributed by atoms with Crippen LogP contribution in [-0.4, -0.2) is 94.5 Å². The molecule has 0 radical (unpaired) electrons. The van der Waals surface area contributed by atoms with Crippen molar-refractivity contribution in [2.24, 2.45) is 0 Å². The number of aryl methyl sites for hydroxylation is 1. The minimum atomic E-state index is -3.67. The highest BCUT2D eigenvalue weighted by atomic mass is 32.2. The first kappa shape index (κ1) is 23.2. The summed E-state index contributed by atoms with van der Waals surface area (Å²) in [7, 11) is 0.649. The number of piperazine rings is 2. The van der Waals surface area contributed by atoms with Crippen LogP contribution in [0.3, 0.4) is 0 Å². The van der Waals surface area contributed by atoms with Crippen molar-refractivity contribution >= 4 is 15.7 Å². The van der Waals surface area contributed by atoms with Gasteiger partial charge in [-0.3, -0.25) is 14.5 Å². The SMILES string of the molecule is Cc1ccc(S(=O)(=O)Nc2ccccc2C(N2CCN(C)CC2)N2CCN(C)CC2)cc1. The molecule has 2 aliphatic rings. The van der Waals surface area contributed by atoms with Gasteiger partial charge in [-0.2, -0.15) is 0 Å². The van der Waals surface area contributed by atoms with E-state index in [1.165, 1.54) is 0 Å². The quantitative estimate of drug-likeness (QED) is 0.718. The number of para-hydroxylation sites is 1. The molecule has 0 unspecified atom stereocenters. The number of anilines is 1. The first-order chi connectivity index (χ1) is 15.3. The second-order valence-corrected chi connectivity index (χ2v) is 10.7. The van der Waals surface area contributed by atoms with Crippen LogP contribution in [-0.2, 0) is 10.0 Å². The summed E-state index contributed by atoms with van der Waals surface area (Å²) in [5.74, 6) is 0. The van der Waals surface area contributed by atoms with Gasteiger partial charge in [-0.25, -0.2) is 8.42 Å². The van der Waals surface area contributed by atoms with E-state index in [1.54, 1.807) is 12.1 Å². The zero-order valence-electron chi connectivity index (χ0n) is 19.4. The molecule has 32 heavy (non-hydrogen) atoms. The van der Waals surface area contributed by atoms with E-state index >= 15 is 0 Å². The van der Waals surface area contributed by atoms with E-state index in [2.05, 4.69) is 44.5 Å². The molecule has 0 saturated carbocycles. The van der Waals surface area contributed by atoms with Gasteiger partial charge in [0, 0.05) is 57.9 Å². The van der Waals surface area contributed by atoms with Crippen LogP contribution in [0.25, 0.3) is 0 Å². The molecular formula is C24H35N5O2S. The lowest BCUT2D eigenvalue weighted by atomic mass is 10.1. The normalized spacial score (nSPS) is 20.0. The van der Waals surface area contributed by atoms with Crippen LogP contribution in [0.4, 0.5) is 5.69 Å². The van der Waals surface area contributed by atoms with Crippen molar-refractivity contribution in [1.29, 1.82) is 0 Å². The monoisotopic (exact) mass is 457 g/mol. The Kier molecular flexibility index (Phi) is 7.17. The Bertz CT molecular complexity index is 973. The molecule has 1 N–H and O–H groups in total. The minimum Gasteiger partial charge on any atom is -0.304 e. The topological polar surface area (TPSA) is 59.1 Å². The maximum absolute atomic E-state index is 13.2. The largest absolute Gasteiger partial charge is 0.304 e. The Labute approximate surface area is 192 Å². The lowest BCUT2D eigenvalue weighted by Gasteiger charge is -2.46. The van der Waals surface area contributed by atoms with Gasteiger partial charge in [-0.15, -0.1) is 0 Å². The molecule has 7 nitrogen and oxygen atoms in total. The van der Waals surface area contributed by atoms with Crippen LogP contribution in [0.2, 0.25) is 0 Å². The van der Waals surface area contributed by atoms with Crippen molar-refractivity contribution in [3.63, 3.8) is 0 Å².